The predicted octanol–water partition coefficient (Wildman–Crippen LogP) is 2.29. The Bertz CT molecular complexity index is 546. The summed E-state index contributed by atoms with van der Waals surface area (Å²) in [5, 5.41) is 9.03. The van der Waals surface area contributed by atoms with Crippen LogP contribution >= 0.6 is 11.8 Å². The summed E-state index contributed by atoms with van der Waals surface area (Å²) in [6, 6.07) is 7.50. The van der Waals surface area contributed by atoms with Gasteiger partial charge in [0.25, 0.3) is 0 Å². The first kappa shape index (κ1) is 17.7. The van der Waals surface area contributed by atoms with Crippen LogP contribution in [0.2, 0.25) is 0 Å². The van der Waals surface area contributed by atoms with E-state index in [9.17, 15) is 9.59 Å². The summed E-state index contributed by atoms with van der Waals surface area (Å²) in [4.78, 5) is 25.5. The van der Waals surface area contributed by atoms with Gasteiger partial charge in [-0.2, -0.15) is 11.8 Å². The van der Waals surface area contributed by atoms with E-state index < -0.39 is 5.97 Å². The van der Waals surface area contributed by atoms with Gasteiger partial charge < -0.3 is 14.7 Å². The largest absolute Gasteiger partial charge is 0.497 e. The summed E-state index contributed by atoms with van der Waals surface area (Å²) < 4.78 is 5.13. The molecule has 1 amide bonds. The molecule has 0 radical (unpaired) electrons. The van der Waals surface area contributed by atoms with Crippen molar-refractivity contribution in [2.24, 2.45) is 5.92 Å². The van der Waals surface area contributed by atoms with Crippen LogP contribution in [-0.4, -0.2) is 53.1 Å². The van der Waals surface area contributed by atoms with E-state index in [1.165, 1.54) is 0 Å². The number of carboxylic acids is 1. The molecule has 0 aliphatic carbocycles. The van der Waals surface area contributed by atoms with Crippen molar-refractivity contribution in [2.45, 2.75) is 25.8 Å². The predicted molar refractivity (Wildman–Crippen MR) is 90.9 cm³/mol. The molecule has 126 valence electrons. The molecule has 1 aromatic rings. The van der Waals surface area contributed by atoms with Gasteiger partial charge in [-0.3, -0.25) is 9.59 Å². The molecular formula is C17H23NO4S. The lowest BCUT2D eigenvalue weighted by Crippen LogP contribution is -2.49. The van der Waals surface area contributed by atoms with Crippen LogP contribution in [-0.2, 0) is 16.0 Å². The van der Waals surface area contributed by atoms with Crippen LogP contribution in [0.1, 0.15) is 18.9 Å². The minimum Gasteiger partial charge on any atom is -0.497 e. The Morgan fingerprint density at radius 3 is 2.70 bits per heavy atom. The third kappa shape index (κ3) is 4.89. The number of carbonyl (C=O) groups is 2. The molecule has 1 N–H and O–H groups in total. The van der Waals surface area contributed by atoms with Crippen molar-refractivity contribution in [3.05, 3.63) is 29.8 Å². The van der Waals surface area contributed by atoms with Crippen molar-refractivity contribution < 1.29 is 19.4 Å². The van der Waals surface area contributed by atoms with Crippen LogP contribution in [0.25, 0.3) is 0 Å². The zero-order valence-corrected chi connectivity index (χ0v) is 14.3. The number of benzene rings is 1. The molecule has 23 heavy (non-hydrogen) atoms. The summed E-state index contributed by atoms with van der Waals surface area (Å²) in [7, 11) is 1.62. The summed E-state index contributed by atoms with van der Waals surface area (Å²) in [6.07, 6.45) is 0.667. The average Bonchev–Trinajstić information content (AvgIpc) is 2.55. The molecule has 0 aromatic heterocycles. The van der Waals surface area contributed by atoms with Gasteiger partial charge in [0.15, 0.2) is 0 Å². The molecule has 5 nitrogen and oxygen atoms in total. The van der Waals surface area contributed by atoms with Crippen molar-refractivity contribution in [2.75, 3.05) is 25.2 Å². The molecule has 0 saturated carbocycles. The van der Waals surface area contributed by atoms with E-state index in [0.29, 0.717) is 18.7 Å². The average molecular weight is 337 g/mol. The molecule has 1 aliphatic rings. The molecule has 2 atom stereocenters. The zero-order valence-electron chi connectivity index (χ0n) is 13.5. The van der Waals surface area contributed by atoms with Crippen molar-refractivity contribution in [1.82, 2.24) is 4.90 Å². The highest BCUT2D eigenvalue weighted by Gasteiger charge is 2.31. The van der Waals surface area contributed by atoms with Gasteiger partial charge in [-0.05, 0) is 24.1 Å². The van der Waals surface area contributed by atoms with Crippen LogP contribution < -0.4 is 4.74 Å². The van der Waals surface area contributed by atoms with Crippen molar-refractivity contribution in [1.29, 1.82) is 0 Å². The molecule has 6 heteroatoms. The molecule has 1 aliphatic heterocycles. The minimum atomic E-state index is -0.849. The lowest BCUT2D eigenvalue weighted by Gasteiger charge is -2.36. The Balaban J connectivity index is 2.00. The number of hydrogen-bond acceptors (Lipinski definition) is 4. The highest BCUT2D eigenvalue weighted by Crippen LogP contribution is 2.23. The van der Waals surface area contributed by atoms with E-state index in [1.54, 1.807) is 23.8 Å². The van der Waals surface area contributed by atoms with Gasteiger partial charge >= 0.3 is 5.97 Å². The van der Waals surface area contributed by atoms with E-state index >= 15 is 0 Å². The number of hydrogen-bond donors (Lipinski definition) is 1. The lowest BCUT2D eigenvalue weighted by atomic mass is 9.98. The Labute approximate surface area is 141 Å². The maximum absolute atomic E-state index is 12.7. The van der Waals surface area contributed by atoms with Crippen molar-refractivity contribution >= 4 is 23.6 Å². The number of aliphatic carboxylic acids is 1. The molecular weight excluding hydrogens is 314 g/mol. The van der Waals surface area contributed by atoms with Gasteiger partial charge in [-0.25, -0.2) is 0 Å². The highest BCUT2D eigenvalue weighted by molar-refractivity contribution is 7.99. The second-order valence-corrected chi connectivity index (χ2v) is 6.96. The molecule has 2 unspecified atom stereocenters. The summed E-state index contributed by atoms with van der Waals surface area (Å²) >= 11 is 1.71. The Morgan fingerprint density at radius 1 is 1.39 bits per heavy atom. The van der Waals surface area contributed by atoms with Gasteiger partial charge in [-0.1, -0.05) is 19.1 Å². The van der Waals surface area contributed by atoms with Crippen LogP contribution in [0.4, 0.5) is 0 Å². The Kier molecular flexibility index (Phi) is 6.33. The van der Waals surface area contributed by atoms with Gasteiger partial charge in [-0.15, -0.1) is 0 Å². The lowest BCUT2D eigenvalue weighted by molar-refractivity contribution is -0.141. The number of rotatable bonds is 6. The number of nitrogens with zero attached hydrogens (tertiary/aromatic N) is 1. The Hall–Kier alpha value is -1.69. The maximum atomic E-state index is 12.7. The third-order valence-electron chi connectivity index (χ3n) is 4.04. The topological polar surface area (TPSA) is 66.8 Å². The number of carboxylic acid groups (broad SMARTS) is 1. The van der Waals surface area contributed by atoms with E-state index in [-0.39, 0.29) is 24.3 Å². The number of thioether (sulfide) groups is 1. The number of methoxy groups -OCH3 is 1. The fraction of sp³-hybridized carbons (Fsp3) is 0.529. The number of ether oxygens (including phenoxy) is 1. The van der Waals surface area contributed by atoms with E-state index in [4.69, 9.17) is 9.84 Å². The van der Waals surface area contributed by atoms with Crippen LogP contribution in [0.5, 0.6) is 5.75 Å². The molecule has 0 bridgehead atoms. The van der Waals surface area contributed by atoms with Gasteiger partial charge in [0.1, 0.15) is 5.75 Å². The fourth-order valence-electron chi connectivity index (χ4n) is 2.80. The SMILES string of the molecule is COc1ccc(CC(C)C(=O)N2CCSCC2CC(=O)O)cc1. The minimum absolute atomic E-state index is 0.0218. The van der Waals surface area contributed by atoms with E-state index in [0.717, 1.165) is 17.1 Å². The van der Waals surface area contributed by atoms with Gasteiger partial charge in [0, 0.05) is 24.0 Å². The highest BCUT2D eigenvalue weighted by atomic mass is 32.2. The molecule has 1 aromatic carbocycles. The van der Waals surface area contributed by atoms with Crippen LogP contribution in [0, 0.1) is 5.92 Å². The summed E-state index contributed by atoms with van der Waals surface area (Å²) in [5.74, 6) is 1.40. The van der Waals surface area contributed by atoms with Crippen LogP contribution in [0.15, 0.2) is 24.3 Å². The quantitative estimate of drug-likeness (QED) is 0.863. The summed E-state index contributed by atoms with van der Waals surface area (Å²) in [6.45, 7) is 2.54. The third-order valence-corrected chi connectivity index (χ3v) is 5.14. The monoisotopic (exact) mass is 337 g/mol. The molecule has 1 fully saturated rings. The number of carbonyl (C=O) groups excluding carboxylic acids is 1. The normalized spacial score (nSPS) is 19.2. The van der Waals surface area contributed by atoms with Crippen molar-refractivity contribution in [3.63, 3.8) is 0 Å². The molecule has 0 spiro atoms. The van der Waals surface area contributed by atoms with Crippen LogP contribution in [0.3, 0.4) is 0 Å². The van der Waals surface area contributed by atoms with E-state index in [2.05, 4.69) is 0 Å². The van der Waals surface area contributed by atoms with Gasteiger partial charge in [0.2, 0.25) is 5.91 Å². The van der Waals surface area contributed by atoms with E-state index in [1.807, 2.05) is 31.2 Å². The zero-order chi connectivity index (χ0) is 16.8. The maximum Gasteiger partial charge on any atom is 0.305 e. The second kappa shape index (κ2) is 8.24. The molecule has 1 heterocycles. The smallest absolute Gasteiger partial charge is 0.305 e. The Morgan fingerprint density at radius 2 is 2.09 bits per heavy atom. The fourth-order valence-corrected chi connectivity index (χ4v) is 3.86. The first-order chi connectivity index (χ1) is 11.0. The number of amides is 1. The van der Waals surface area contributed by atoms with Crippen molar-refractivity contribution in [3.8, 4) is 5.75 Å². The first-order valence-electron chi connectivity index (χ1n) is 7.74. The van der Waals surface area contributed by atoms with Gasteiger partial charge in [0.05, 0.1) is 19.6 Å². The molecule has 1 saturated heterocycles. The first-order valence-corrected chi connectivity index (χ1v) is 8.89. The molecule has 2 rings (SSSR count). The summed E-state index contributed by atoms with van der Waals surface area (Å²) in [5.41, 5.74) is 1.08. The standard InChI is InChI=1S/C17H23NO4S/c1-12(9-13-3-5-15(22-2)6-4-13)17(21)18-7-8-23-11-14(18)10-16(19)20/h3-6,12,14H,7-11H2,1-2H3,(H,19,20). The second-order valence-electron chi connectivity index (χ2n) is 5.81.